The highest BCUT2D eigenvalue weighted by molar-refractivity contribution is 6.60. The average molecular weight is 302 g/mol. The van der Waals surface area contributed by atoms with Gasteiger partial charge in [-0.1, -0.05) is 51.1 Å². The molecule has 0 radical (unpaired) electrons. The maximum Gasteiger partial charge on any atom is 0.482 e. The van der Waals surface area contributed by atoms with Crippen LogP contribution in [0, 0.1) is 5.41 Å². The summed E-state index contributed by atoms with van der Waals surface area (Å²) in [6.45, 7) is 5.94. The number of benzene rings is 1. The van der Waals surface area contributed by atoms with Gasteiger partial charge in [-0.3, -0.25) is 0 Å². The largest absolute Gasteiger partial charge is 0.482 e. The number of carboxylic acids is 1. The van der Waals surface area contributed by atoms with Gasteiger partial charge in [0.1, 0.15) is 6.61 Å². The smallest absolute Gasteiger partial charge is 0.472 e. The van der Waals surface area contributed by atoms with Crippen LogP contribution in [0.3, 0.4) is 0 Å². The van der Waals surface area contributed by atoms with Crippen LogP contribution in [0.25, 0.3) is 11.1 Å². The number of carbonyl (C=O) groups excluding carboxylic acids is 1. The highest BCUT2D eigenvalue weighted by Gasteiger charge is 2.30. The lowest BCUT2D eigenvalue weighted by molar-refractivity contribution is -0.145. The molecule has 0 aromatic heterocycles. The van der Waals surface area contributed by atoms with E-state index in [1.807, 2.05) is 51.1 Å². The zero-order chi connectivity index (χ0) is 16.8. The Hall–Kier alpha value is -2.72. The van der Waals surface area contributed by atoms with Crippen LogP contribution in [0.5, 0.6) is 0 Å². The van der Waals surface area contributed by atoms with Gasteiger partial charge in [-0.2, -0.15) is 4.79 Å². The van der Waals surface area contributed by atoms with Crippen molar-refractivity contribution in [1.82, 2.24) is 0 Å². The van der Waals surface area contributed by atoms with Crippen molar-refractivity contribution in [3.8, 4) is 0 Å². The van der Waals surface area contributed by atoms with E-state index >= 15 is 0 Å². The Bertz CT molecular complexity index is 636. The number of rotatable bonds is 5. The standard InChI is InChI=1S/C16H18N2O4/c1-16(2,3)12(11-7-5-4-6-8-11)9-10-22-15(21)13(18-17)14(19)20/h4-9H,10H2,1-3H3,(H,19,20). The van der Waals surface area contributed by atoms with Crippen molar-refractivity contribution in [2.75, 3.05) is 6.61 Å². The fourth-order valence-electron chi connectivity index (χ4n) is 1.91. The van der Waals surface area contributed by atoms with Crippen LogP contribution in [0.4, 0.5) is 0 Å². The second-order valence-corrected chi connectivity index (χ2v) is 5.59. The lowest BCUT2D eigenvalue weighted by Gasteiger charge is -2.23. The molecule has 0 saturated heterocycles. The summed E-state index contributed by atoms with van der Waals surface area (Å²) in [5.74, 6) is -2.83. The third kappa shape index (κ3) is 4.68. The van der Waals surface area contributed by atoms with Gasteiger partial charge in [-0.15, -0.1) is 0 Å². The maximum absolute atomic E-state index is 11.5. The van der Waals surface area contributed by atoms with Gasteiger partial charge in [-0.25, -0.2) is 9.59 Å². The van der Waals surface area contributed by atoms with Crippen molar-refractivity contribution in [2.24, 2.45) is 5.41 Å². The summed E-state index contributed by atoms with van der Waals surface area (Å²) in [6.07, 6.45) is 1.71. The second-order valence-electron chi connectivity index (χ2n) is 5.59. The quantitative estimate of drug-likeness (QED) is 0.297. The van der Waals surface area contributed by atoms with E-state index in [4.69, 9.17) is 15.4 Å². The number of nitrogens with zero attached hydrogens (tertiary/aromatic N) is 2. The number of hydrogen-bond acceptors (Lipinski definition) is 3. The lowest BCUT2D eigenvalue weighted by atomic mass is 9.82. The second kappa shape index (κ2) is 7.33. The maximum atomic E-state index is 11.5. The summed E-state index contributed by atoms with van der Waals surface area (Å²) < 4.78 is 4.82. The Balaban J connectivity index is 2.91. The number of allylic oxidation sites excluding steroid dienone is 1. The van der Waals surface area contributed by atoms with E-state index < -0.39 is 17.7 Å². The highest BCUT2D eigenvalue weighted by atomic mass is 16.5. The monoisotopic (exact) mass is 302 g/mol. The van der Waals surface area contributed by atoms with Gasteiger partial charge in [0.15, 0.2) is 0 Å². The van der Waals surface area contributed by atoms with E-state index in [1.165, 1.54) is 0 Å². The van der Waals surface area contributed by atoms with Gasteiger partial charge in [0, 0.05) is 0 Å². The van der Waals surface area contributed by atoms with Crippen LogP contribution in [0.1, 0.15) is 26.3 Å². The van der Waals surface area contributed by atoms with Gasteiger partial charge >= 0.3 is 17.7 Å². The molecule has 22 heavy (non-hydrogen) atoms. The zero-order valence-electron chi connectivity index (χ0n) is 12.7. The fraction of sp³-hybridized carbons (Fsp3) is 0.312. The predicted molar refractivity (Wildman–Crippen MR) is 81.1 cm³/mol. The third-order valence-electron chi connectivity index (χ3n) is 2.89. The molecule has 1 aromatic carbocycles. The molecule has 6 nitrogen and oxygen atoms in total. The minimum atomic E-state index is -1.64. The van der Waals surface area contributed by atoms with Gasteiger partial charge in [0.05, 0.1) is 0 Å². The molecule has 0 fully saturated rings. The van der Waals surface area contributed by atoms with E-state index in [9.17, 15) is 9.59 Å². The van der Waals surface area contributed by atoms with Crippen LogP contribution in [0.15, 0.2) is 36.4 Å². The van der Waals surface area contributed by atoms with Crippen molar-refractivity contribution in [2.45, 2.75) is 20.8 Å². The summed E-state index contributed by atoms with van der Waals surface area (Å²) in [6, 6.07) is 9.60. The molecular formula is C16H18N2O4. The van der Waals surface area contributed by atoms with Crippen molar-refractivity contribution < 1.29 is 24.2 Å². The van der Waals surface area contributed by atoms with E-state index in [1.54, 1.807) is 6.08 Å². The van der Waals surface area contributed by atoms with Gasteiger partial charge < -0.3 is 15.4 Å². The lowest BCUT2D eigenvalue weighted by Crippen LogP contribution is -2.27. The molecule has 0 aliphatic carbocycles. The molecule has 0 aliphatic rings. The van der Waals surface area contributed by atoms with Crippen molar-refractivity contribution in [3.63, 3.8) is 0 Å². The van der Waals surface area contributed by atoms with Gasteiger partial charge in [0.2, 0.25) is 0 Å². The van der Waals surface area contributed by atoms with E-state index in [-0.39, 0.29) is 12.0 Å². The Morgan fingerprint density at radius 1 is 1.27 bits per heavy atom. The number of aliphatic carboxylic acids is 1. The summed E-state index contributed by atoms with van der Waals surface area (Å²) >= 11 is 0. The number of carbonyl (C=O) groups is 2. The molecular weight excluding hydrogens is 284 g/mol. The summed E-state index contributed by atoms with van der Waals surface area (Å²) in [5.41, 5.74) is 9.18. The van der Waals surface area contributed by atoms with Crippen LogP contribution >= 0.6 is 0 Å². The molecule has 6 heteroatoms. The molecule has 0 aliphatic heterocycles. The summed E-state index contributed by atoms with van der Waals surface area (Å²) in [7, 11) is 0. The first-order chi connectivity index (χ1) is 10.3. The molecule has 1 aromatic rings. The Kier molecular flexibility index (Phi) is 5.78. The minimum absolute atomic E-state index is 0.118. The third-order valence-corrected chi connectivity index (χ3v) is 2.89. The first kappa shape index (κ1) is 17.3. The molecule has 0 spiro atoms. The number of carboxylic acid groups (broad SMARTS) is 1. The summed E-state index contributed by atoms with van der Waals surface area (Å²) in [5, 5.41) is 8.65. The van der Waals surface area contributed by atoms with Gasteiger partial charge in [0.25, 0.3) is 0 Å². The van der Waals surface area contributed by atoms with E-state index in [0.29, 0.717) is 0 Å². The molecule has 116 valence electrons. The number of hydrogen-bond donors (Lipinski definition) is 1. The molecule has 0 atom stereocenters. The average Bonchev–Trinajstić information content (AvgIpc) is 2.43. The number of esters is 1. The molecule has 0 heterocycles. The van der Waals surface area contributed by atoms with Gasteiger partial charge in [-0.05, 0) is 22.6 Å². The van der Waals surface area contributed by atoms with E-state index in [2.05, 4.69) is 4.79 Å². The Labute approximate surface area is 128 Å². The van der Waals surface area contributed by atoms with Crippen molar-refractivity contribution in [3.05, 3.63) is 47.5 Å². The molecule has 0 saturated carbocycles. The molecule has 1 rings (SSSR count). The molecule has 0 bridgehead atoms. The topological polar surface area (TPSA) is 100 Å². The highest BCUT2D eigenvalue weighted by Crippen LogP contribution is 2.33. The Morgan fingerprint density at radius 3 is 2.32 bits per heavy atom. The first-order valence-electron chi connectivity index (χ1n) is 6.66. The van der Waals surface area contributed by atoms with Crippen LogP contribution in [-0.4, -0.2) is 34.2 Å². The first-order valence-corrected chi connectivity index (χ1v) is 6.66. The van der Waals surface area contributed by atoms with Crippen LogP contribution in [-0.2, 0) is 14.3 Å². The molecule has 1 N–H and O–H groups in total. The summed E-state index contributed by atoms with van der Waals surface area (Å²) in [4.78, 5) is 24.5. The van der Waals surface area contributed by atoms with Crippen molar-refractivity contribution >= 4 is 23.2 Å². The van der Waals surface area contributed by atoms with Crippen molar-refractivity contribution in [1.29, 1.82) is 0 Å². The molecule has 0 amide bonds. The normalized spacial score (nSPS) is 11.5. The Morgan fingerprint density at radius 2 is 1.86 bits per heavy atom. The minimum Gasteiger partial charge on any atom is -0.472 e. The number of ether oxygens (including phenoxy) is 1. The van der Waals surface area contributed by atoms with E-state index in [0.717, 1.165) is 11.1 Å². The fourth-order valence-corrected chi connectivity index (χ4v) is 1.91. The zero-order valence-corrected chi connectivity index (χ0v) is 12.7. The predicted octanol–water partition coefficient (Wildman–Crippen LogP) is 2.41. The SMILES string of the molecule is CC(C)(C)C(=CCOC(=O)C(=[N+]=[N-])C(=O)O)c1ccccc1. The van der Waals surface area contributed by atoms with Crippen LogP contribution in [0.2, 0.25) is 0 Å². The van der Waals surface area contributed by atoms with Crippen LogP contribution < -0.4 is 0 Å². The molecule has 0 unspecified atom stereocenters.